The van der Waals surface area contributed by atoms with Crippen molar-refractivity contribution in [3.8, 4) is 17.0 Å². The third-order valence-corrected chi connectivity index (χ3v) is 7.14. The number of aryl methyl sites for hydroxylation is 1. The van der Waals surface area contributed by atoms with E-state index in [1.54, 1.807) is 31.2 Å². The summed E-state index contributed by atoms with van der Waals surface area (Å²) in [6.07, 6.45) is 2.02. The van der Waals surface area contributed by atoms with Gasteiger partial charge < -0.3 is 24.5 Å². The summed E-state index contributed by atoms with van der Waals surface area (Å²) >= 11 is 0. The number of rotatable bonds is 7. The predicted octanol–water partition coefficient (Wildman–Crippen LogP) is 5.06. The molecule has 0 radical (unpaired) electrons. The molecule has 2 N–H and O–H groups in total. The van der Waals surface area contributed by atoms with Crippen molar-refractivity contribution in [2.24, 2.45) is 5.92 Å². The number of carboxylic acid groups (broad SMARTS) is 1. The van der Waals surface area contributed by atoms with Crippen LogP contribution in [0.4, 0.5) is 11.5 Å². The molecule has 202 valence electrons. The SMILES string of the molecule is COc1cc(NC(=O)C[C@H]2C[C@@H](C(=O)O)N(c3nc(C)nc4c3oc3ccccc34)C2)cnc1-c1ccccc1. The van der Waals surface area contributed by atoms with Gasteiger partial charge in [0.15, 0.2) is 11.4 Å². The van der Waals surface area contributed by atoms with E-state index in [-0.39, 0.29) is 18.2 Å². The first-order chi connectivity index (χ1) is 19.4. The highest BCUT2D eigenvalue weighted by molar-refractivity contribution is 6.06. The van der Waals surface area contributed by atoms with E-state index in [1.165, 1.54) is 0 Å². The molecule has 10 nitrogen and oxygen atoms in total. The number of hydrogen-bond donors (Lipinski definition) is 2. The van der Waals surface area contributed by atoms with Gasteiger partial charge in [0, 0.05) is 30.0 Å². The number of aliphatic carboxylic acids is 1. The molecule has 5 aromatic rings. The Balaban J connectivity index is 1.22. The third-order valence-electron chi connectivity index (χ3n) is 7.14. The average Bonchev–Trinajstić information content (AvgIpc) is 3.55. The number of anilines is 2. The number of pyridine rings is 1. The molecule has 40 heavy (non-hydrogen) atoms. The summed E-state index contributed by atoms with van der Waals surface area (Å²) in [5.41, 5.74) is 3.82. The Labute approximate surface area is 229 Å². The van der Waals surface area contributed by atoms with Crippen LogP contribution in [0.3, 0.4) is 0 Å². The van der Waals surface area contributed by atoms with Crippen LogP contribution in [0.5, 0.6) is 5.75 Å². The fourth-order valence-corrected chi connectivity index (χ4v) is 5.37. The molecule has 1 aliphatic rings. The van der Waals surface area contributed by atoms with Crippen molar-refractivity contribution in [3.05, 3.63) is 72.7 Å². The lowest BCUT2D eigenvalue weighted by atomic mass is 10.0. The lowest BCUT2D eigenvalue weighted by Crippen LogP contribution is -2.36. The maximum atomic E-state index is 13.0. The minimum atomic E-state index is -0.978. The monoisotopic (exact) mass is 537 g/mol. The third kappa shape index (κ3) is 4.68. The van der Waals surface area contributed by atoms with Gasteiger partial charge in [-0.2, -0.15) is 0 Å². The first-order valence-electron chi connectivity index (χ1n) is 13.0. The molecule has 1 fully saturated rings. The minimum absolute atomic E-state index is 0.135. The van der Waals surface area contributed by atoms with Gasteiger partial charge in [-0.3, -0.25) is 9.78 Å². The number of amides is 1. The van der Waals surface area contributed by atoms with Gasteiger partial charge in [0.25, 0.3) is 0 Å². The van der Waals surface area contributed by atoms with Crippen molar-refractivity contribution in [1.82, 2.24) is 15.0 Å². The van der Waals surface area contributed by atoms with Gasteiger partial charge in [-0.05, 0) is 31.4 Å². The number of carboxylic acids is 1. The van der Waals surface area contributed by atoms with Gasteiger partial charge >= 0.3 is 5.97 Å². The Kier molecular flexibility index (Phi) is 6.51. The largest absolute Gasteiger partial charge is 0.494 e. The van der Waals surface area contributed by atoms with Gasteiger partial charge in [-0.15, -0.1) is 0 Å². The first kappa shape index (κ1) is 25.3. The number of furan rings is 1. The molecular weight excluding hydrogens is 510 g/mol. The van der Waals surface area contributed by atoms with E-state index in [1.807, 2.05) is 54.6 Å². The van der Waals surface area contributed by atoms with Crippen LogP contribution in [0.1, 0.15) is 18.7 Å². The number of para-hydroxylation sites is 1. The van der Waals surface area contributed by atoms with E-state index in [2.05, 4.69) is 20.3 Å². The average molecular weight is 538 g/mol. The molecule has 3 aromatic heterocycles. The van der Waals surface area contributed by atoms with Crippen molar-refractivity contribution < 1.29 is 23.8 Å². The summed E-state index contributed by atoms with van der Waals surface area (Å²) in [5, 5.41) is 13.8. The van der Waals surface area contributed by atoms with Crippen LogP contribution in [-0.2, 0) is 9.59 Å². The van der Waals surface area contributed by atoms with E-state index >= 15 is 0 Å². The van der Waals surface area contributed by atoms with Crippen molar-refractivity contribution in [2.75, 3.05) is 23.9 Å². The van der Waals surface area contributed by atoms with E-state index in [4.69, 9.17) is 9.15 Å². The molecular formula is C30H27N5O5. The topological polar surface area (TPSA) is 131 Å². The fraction of sp³-hybridized carbons (Fsp3) is 0.233. The summed E-state index contributed by atoms with van der Waals surface area (Å²) in [7, 11) is 1.56. The Hall–Kier alpha value is -4.99. The predicted molar refractivity (Wildman–Crippen MR) is 150 cm³/mol. The van der Waals surface area contributed by atoms with Crippen LogP contribution in [0.15, 0.2) is 71.3 Å². The van der Waals surface area contributed by atoms with Crippen molar-refractivity contribution in [2.45, 2.75) is 25.8 Å². The minimum Gasteiger partial charge on any atom is -0.494 e. The van der Waals surface area contributed by atoms with Crippen LogP contribution in [0.25, 0.3) is 33.3 Å². The Morgan fingerprint density at radius 3 is 2.67 bits per heavy atom. The van der Waals surface area contributed by atoms with Gasteiger partial charge in [-0.1, -0.05) is 42.5 Å². The summed E-state index contributed by atoms with van der Waals surface area (Å²) in [6, 6.07) is 18.1. The molecule has 10 heteroatoms. The van der Waals surface area contributed by atoms with Crippen molar-refractivity contribution in [3.63, 3.8) is 0 Å². The number of benzene rings is 2. The smallest absolute Gasteiger partial charge is 0.326 e. The molecule has 2 aromatic carbocycles. The van der Waals surface area contributed by atoms with E-state index in [0.29, 0.717) is 58.4 Å². The van der Waals surface area contributed by atoms with Gasteiger partial charge in [-0.25, -0.2) is 14.8 Å². The Morgan fingerprint density at radius 1 is 1.12 bits per heavy atom. The summed E-state index contributed by atoms with van der Waals surface area (Å²) in [5.74, 6) is 0.0540. The normalized spacial score (nSPS) is 16.9. The maximum absolute atomic E-state index is 13.0. The molecule has 4 heterocycles. The van der Waals surface area contributed by atoms with Crippen molar-refractivity contribution in [1.29, 1.82) is 0 Å². The zero-order chi connectivity index (χ0) is 27.8. The number of hydrogen-bond acceptors (Lipinski definition) is 8. The molecule has 0 aliphatic carbocycles. The molecule has 0 unspecified atom stereocenters. The first-order valence-corrected chi connectivity index (χ1v) is 13.0. The zero-order valence-corrected chi connectivity index (χ0v) is 22.0. The molecule has 1 saturated heterocycles. The number of nitrogens with zero attached hydrogens (tertiary/aromatic N) is 4. The van der Waals surface area contributed by atoms with E-state index < -0.39 is 12.0 Å². The molecule has 1 amide bonds. The van der Waals surface area contributed by atoms with Crippen LogP contribution < -0.4 is 15.0 Å². The second-order valence-electron chi connectivity index (χ2n) is 9.87. The highest BCUT2D eigenvalue weighted by Gasteiger charge is 2.40. The van der Waals surface area contributed by atoms with Crippen molar-refractivity contribution >= 4 is 45.5 Å². The maximum Gasteiger partial charge on any atom is 0.326 e. The number of ether oxygens (including phenoxy) is 1. The van der Waals surface area contributed by atoms with E-state index in [0.717, 1.165) is 10.9 Å². The zero-order valence-electron chi connectivity index (χ0n) is 22.0. The summed E-state index contributed by atoms with van der Waals surface area (Å²) < 4.78 is 11.6. The molecule has 0 spiro atoms. The number of methoxy groups -OCH3 is 1. The van der Waals surface area contributed by atoms with Gasteiger partial charge in [0.05, 0.1) is 19.0 Å². The molecule has 1 aliphatic heterocycles. The van der Waals surface area contributed by atoms with E-state index in [9.17, 15) is 14.7 Å². The van der Waals surface area contributed by atoms with Crippen LogP contribution in [0.2, 0.25) is 0 Å². The van der Waals surface area contributed by atoms with Crippen LogP contribution in [-0.4, -0.2) is 51.6 Å². The highest BCUT2D eigenvalue weighted by Crippen LogP contribution is 2.38. The van der Waals surface area contributed by atoms with Crippen LogP contribution in [0, 0.1) is 12.8 Å². The number of carbonyl (C=O) groups excluding carboxylic acids is 1. The highest BCUT2D eigenvalue weighted by atomic mass is 16.5. The number of fused-ring (bicyclic) bond motifs is 3. The standard InChI is InChI=1S/C30H27N5O5/c1-17-32-27-21-10-6-7-11-23(21)40-28(27)29(33-17)35-16-18(12-22(35)30(37)38)13-25(36)34-20-14-24(39-2)26(31-15-20)19-8-4-3-5-9-19/h3-11,14-15,18,22H,12-13,16H2,1-2H3,(H,34,36)(H,37,38)/t18-,22+/m1/s1. The van der Waals surface area contributed by atoms with Gasteiger partial charge in [0.1, 0.15) is 34.4 Å². The summed E-state index contributed by atoms with van der Waals surface area (Å²) in [6.45, 7) is 2.11. The fourth-order valence-electron chi connectivity index (χ4n) is 5.37. The molecule has 0 saturated carbocycles. The van der Waals surface area contributed by atoms with Crippen LogP contribution >= 0.6 is 0 Å². The lowest BCUT2D eigenvalue weighted by molar-refractivity contribution is -0.138. The quantitative estimate of drug-likeness (QED) is 0.292. The van der Waals surface area contributed by atoms with Gasteiger partial charge in [0.2, 0.25) is 5.91 Å². The number of nitrogens with one attached hydrogen (secondary N) is 1. The molecule has 6 rings (SSSR count). The Morgan fingerprint density at radius 2 is 1.90 bits per heavy atom. The second kappa shape index (κ2) is 10.3. The Bertz CT molecular complexity index is 1740. The molecule has 0 bridgehead atoms. The summed E-state index contributed by atoms with van der Waals surface area (Å²) in [4.78, 5) is 40.7. The number of aromatic nitrogens is 3. The second-order valence-corrected chi connectivity index (χ2v) is 9.87. The lowest BCUT2D eigenvalue weighted by Gasteiger charge is -2.22. The number of carbonyl (C=O) groups is 2. The molecule has 2 atom stereocenters.